The Labute approximate surface area is 171 Å². The van der Waals surface area contributed by atoms with Crippen molar-refractivity contribution in [2.75, 3.05) is 6.61 Å². The lowest BCUT2D eigenvalue weighted by Crippen LogP contribution is -2.58. The zero-order valence-electron chi connectivity index (χ0n) is 17.5. The summed E-state index contributed by atoms with van der Waals surface area (Å²) in [5.41, 5.74) is 3.71. The maximum Gasteiger partial charge on any atom is 0.511 e. The van der Waals surface area contributed by atoms with Gasteiger partial charge in [-0.25, -0.2) is 0 Å². The highest BCUT2D eigenvalue weighted by Crippen LogP contribution is 2.67. The molecule has 0 saturated heterocycles. The Morgan fingerprint density at radius 2 is 2.07 bits per heavy atom. The zero-order valence-corrected chi connectivity index (χ0v) is 17.5. The summed E-state index contributed by atoms with van der Waals surface area (Å²) in [5, 5.41) is 11.3. The molecular formula is C23H32NO5+. The molecule has 4 aliphatic carbocycles. The van der Waals surface area contributed by atoms with Gasteiger partial charge >= 0.3 is 6.09 Å². The highest BCUT2D eigenvalue weighted by Gasteiger charge is 2.64. The van der Waals surface area contributed by atoms with E-state index in [-0.39, 0.29) is 46.8 Å². The number of carbonyl (C=O) groups is 3. The molecule has 158 valence electrons. The predicted octanol–water partition coefficient (Wildman–Crippen LogP) is 2.07. The quantitative estimate of drug-likeness (QED) is 0.751. The van der Waals surface area contributed by atoms with Crippen LogP contribution in [0.4, 0.5) is 4.79 Å². The average molecular weight is 403 g/mol. The summed E-state index contributed by atoms with van der Waals surface area (Å²) in [6.07, 6.45) is 7.47. The smallest absolute Gasteiger partial charge is 0.412 e. The van der Waals surface area contributed by atoms with Gasteiger partial charge in [0, 0.05) is 17.3 Å². The normalized spacial score (nSPS) is 45.7. The van der Waals surface area contributed by atoms with Gasteiger partial charge in [-0.2, -0.15) is 4.79 Å². The summed E-state index contributed by atoms with van der Waals surface area (Å²) < 4.78 is 4.91. The molecule has 6 heteroatoms. The van der Waals surface area contributed by atoms with Crippen molar-refractivity contribution >= 4 is 17.7 Å². The number of aliphatic hydroxyl groups is 1. The van der Waals surface area contributed by atoms with Crippen LogP contribution in [-0.4, -0.2) is 35.5 Å². The first-order chi connectivity index (χ1) is 13.6. The van der Waals surface area contributed by atoms with Gasteiger partial charge in [-0.1, -0.05) is 32.4 Å². The van der Waals surface area contributed by atoms with Crippen molar-refractivity contribution in [3.8, 4) is 0 Å². The number of allylic oxidation sites excluding steroid dienone is 4. The van der Waals surface area contributed by atoms with Crippen LogP contribution in [-0.2, 0) is 14.3 Å². The number of ketones is 2. The van der Waals surface area contributed by atoms with Crippen LogP contribution >= 0.6 is 0 Å². The van der Waals surface area contributed by atoms with Crippen LogP contribution in [0.25, 0.3) is 0 Å². The Balaban J connectivity index is 1.65. The van der Waals surface area contributed by atoms with Gasteiger partial charge in [-0.3, -0.25) is 15.3 Å². The largest absolute Gasteiger partial charge is 0.511 e. The van der Waals surface area contributed by atoms with Gasteiger partial charge in [-0.05, 0) is 61.0 Å². The van der Waals surface area contributed by atoms with Crippen LogP contribution in [0.15, 0.2) is 23.8 Å². The Hall–Kier alpha value is -1.79. The third-order valence-electron chi connectivity index (χ3n) is 8.56. The summed E-state index contributed by atoms with van der Waals surface area (Å²) in [4.78, 5) is 36.0. The summed E-state index contributed by atoms with van der Waals surface area (Å²) in [6, 6.07) is 0. The Kier molecular flexibility index (Phi) is 4.86. The SMILES string of the molecule is C[C@@H]1CC2C3CCC4=CC(=O)C=CC4(C)C3C(O)CC2(C)C1C(=O)COC([NH3+])=O. The van der Waals surface area contributed by atoms with Crippen molar-refractivity contribution in [1.29, 1.82) is 0 Å². The van der Waals surface area contributed by atoms with E-state index in [2.05, 4.69) is 26.5 Å². The molecule has 3 saturated carbocycles. The number of fused-ring (bicyclic) bond motifs is 5. The van der Waals surface area contributed by atoms with Crippen LogP contribution in [0, 0.1) is 40.4 Å². The number of carbonyl (C=O) groups excluding carboxylic acids is 3. The lowest BCUT2D eigenvalue weighted by atomic mass is 9.46. The van der Waals surface area contributed by atoms with E-state index in [4.69, 9.17) is 4.74 Å². The van der Waals surface area contributed by atoms with Crippen molar-refractivity contribution in [2.24, 2.45) is 40.4 Å². The zero-order chi connectivity index (χ0) is 21.1. The number of aliphatic hydroxyl groups excluding tert-OH is 1. The fourth-order valence-corrected chi connectivity index (χ4v) is 7.62. The minimum absolute atomic E-state index is 0.0335. The molecule has 29 heavy (non-hydrogen) atoms. The van der Waals surface area contributed by atoms with E-state index in [0.29, 0.717) is 18.3 Å². The standard InChI is InChI=1S/C23H31NO5/c1-12-8-16-15-5-4-13-9-14(25)6-7-22(13,2)20(15)17(26)10-23(16,3)19(12)18(27)11-29-21(24)28/h6-7,9,12,15-17,19-20,26H,4-5,8,10-11H2,1-3H3,(H2,24,28)/p+1/t12-,15?,16?,17?,19?,20?,22?,23?/m1/s1. The van der Waals surface area contributed by atoms with Crippen LogP contribution in [0.3, 0.4) is 0 Å². The van der Waals surface area contributed by atoms with Crippen molar-refractivity contribution in [1.82, 2.24) is 0 Å². The lowest BCUT2D eigenvalue weighted by Gasteiger charge is -2.58. The second-order valence-electron chi connectivity index (χ2n) is 10.1. The second-order valence-corrected chi connectivity index (χ2v) is 10.1. The molecule has 0 bridgehead atoms. The predicted molar refractivity (Wildman–Crippen MR) is 105 cm³/mol. The Bertz CT molecular complexity index is 816. The van der Waals surface area contributed by atoms with E-state index in [0.717, 1.165) is 24.8 Å². The fraction of sp³-hybridized carbons (Fsp3) is 0.696. The molecule has 0 spiro atoms. The maximum atomic E-state index is 13.0. The van der Waals surface area contributed by atoms with E-state index < -0.39 is 12.2 Å². The van der Waals surface area contributed by atoms with Gasteiger partial charge < -0.3 is 9.84 Å². The first-order valence-electron chi connectivity index (χ1n) is 10.7. The number of rotatable bonds is 3. The van der Waals surface area contributed by atoms with E-state index in [1.807, 2.05) is 6.08 Å². The Morgan fingerprint density at radius 1 is 1.34 bits per heavy atom. The van der Waals surface area contributed by atoms with Crippen molar-refractivity contribution in [2.45, 2.75) is 52.6 Å². The number of amides is 1. The van der Waals surface area contributed by atoms with Gasteiger partial charge in [0.2, 0.25) is 0 Å². The van der Waals surface area contributed by atoms with E-state index >= 15 is 0 Å². The molecule has 0 aromatic rings. The molecule has 4 rings (SSSR count). The number of quaternary nitrogens is 1. The lowest BCUT2D eigenvalue weighted by molar-refractivity contribution is -0.282. The Morgan fingerprint density at radius 3 is 2.76 bits per heavy atom. The number of Topliss-reactive ketones (excluding diaryl/α,β-unsaturated/α-hetero) is 1. The summed E-state index contributed by atoms with van der Waals surface area (Å²) in [6.45, 7) is 6.16. The van der Waals surface area contributed by atoms with Crippen LogP contribution in [0.1, 0.15) is 46.5 Å². The molecular weight excluding hydrogens is 370 g/mol. The molecule has 0 aromatic carbocycles. The highest BCUT2D eigenvalue weighted by atomic mass is 16.5. The first-order valence-corrected chi connectivity index (χ1v) is 10.7. The van der Waals surface area contributed by atoms with Crippen molar-refractivity contribution in [3.05, 3.63) is 23.8 Å². The molecule has 4 aliphatic rings. The van der Waals surface area contributed by atoms with E-state index in [1.54, 1.807) is 12.2 Å². The van der Waals surface area contributed by atoms with Gasteiger partial charge in [-0.15, -0.1) is 0 Å². The van der Waals surface area contributed by atoms with Crippen molar-refractivity contribution < 1.29 is 30.0 Å². The molecule has 7 unspecified atom stereocenters. The van der Waals surface area contributed by atoms with Gasteiger partial charge in [0.25, 0.3) is 0 Å². The van der Waals surface area contributed by atoms with Gasteiger partial charge in [0.15, 0.2) is 18.2 Å². The molecule has 1 amide bonds. The van der Waals surface area contributed by atoms with Gasteiger partial charge in [0.1, 0.15) is 0 Å². The highest BCUT2D eigenvalue weighted by molar-refractivity contribution is 6.01. The molecule has 3 fully saturated rings. The van der Waals surface area contributed by atoms with E-state index in [1.165, 1.54) is 0 Å². The molecule has 4 N–H and O–H groups in total. The molecule has 6 nitrogen and oxygen atoms in total. The third-order valence-corrected chi connectivity index (χ3v) is 8.56. The molecule has 0 aromatic heterocycles. The molecule has 8 atom stereocenters. The topological polar surface area (TPSA) is 108 Å². The number of hydrogen-bond acceptors (Lipinski definition) is 5. The monoisotopic (exact) mass is 402 g/mol. The molecule has 0 radical (unpaired) electrons. The number of ether oxygens (including phenoxy) is 1. The summed E-state index contributed by atoms with van der Waals surface area (Å²) >= 11 is 0. The van der Waals surface area contributed by atoms with E-state index in [9.17, 15) is 19.5 Å². The number of hydrogen-bond donors (Lipinski definition) is 2. The average Bonchev–Trinajstić information content (AvgIpc) is 2.89. The fourth-order valence-electron chi connectivity index (χ4n) is 7.62. The van der Waals surface area contributed by atoms with Gasteiger partial charge in [0.05, 0.1) is 6.10 Å². The molecule has 0 aliphatic heterocycles. The van der Waals surface area contributed by atoms with Crippen LogP contribution in [0.2, 0.25) is 0 Å². The maximum absolute atomic E-state index is 13.0. The summed E-state index contributed by atoms with van der Waals surface area (Å²) in [5.74, 6) is 0.626. The van der Waals surface area contributed by atoms with Crippen molar-refractivity contribution in [3.63, 3.8) is 0 Å². The third kappa shape index (κ3) is 3.03. The van der Waals surface area contributed by atoms with Crippen LogP contribution in [0.5, 0.6) is 0 Å². The van der Waals surface area contributed by atoms with Crippen LogP contribution < -0.4 is 5.73 Å². The molecule has 0 heterocycles. The second kappa shape index (κ2) is 6.88. The minimum atomic E-state index is -0.687. The first kappa shape index (κ1) is 20.5. The summed E-state index contributed by atoms with van der Waals surface area (Å²) in [7, 11) is 0. The minimum Gasteiger partial charge on any atom is -0.412 e.